The summed E-state index contributed by atoms with van der Waals surface area (Å²) < 4.78 is 2.05. The first-order chi connectivity index (χ1) is 11.7. The third-order valence-corrected chi connectivity index (χ3v) is 5.55. The number of nitrogens with zero attached hydrogens (tertiary/aromatic N) is 1. The minimum absolute atomic E-state index is 0.287. The van der Waals surface area contributed by atoms with Crippen molar-refractivity contribution in [3.05, 3.63) is 59.1 Å². The monoisotopic (exact) mass is 362 g/mol. The van der Waals surface area contributed by atoms with Gasteiger partial charge in [0.05, 0.1) is 0 Å². The third-order valence-electron chi connectivity index (χ3n) is 4.11. The Morgan fingerprint density at radius 1 is 1.17 bits per heavy atom. The van der Waals surface area contributed by atoms with Crippen LogP contribution in [0.4, 0.5) is 0 Å². The Kier molecular flexibility index (Phi) is 5.79. The smallest absolute Gasteiger partial charge is 0.261 e. The molecule has 2 aromatic rings. The Bertz CT molecular complexity index is 691. The maximum Gasteiger partial charge on any atom is 0.261 e. The highest BCUT2D eigenvalue weighted by Crippen LogP contribution is 2.29. The highest BCUT2D eigenvalue weighted by Gasteiger charge is 2.29. The van der Waals surface area contributed by atoms with Crippen LogP contribution in [0.25, 0.3) is 11.1 Å². The van der Waals surface area contributed by atoms with Crippen LogP contribution < -0.4 is 5.48 Å². The second-order valence-corrected chi connectivity index (χ2v) is 7.32. The first kappa shape index (κ1) is 17.3. The van der Waals surface area contributed by atoms with Crippen LogP contribution in [0.2, 0.25) is 5.02 Å². The van der Waals surface area contributed by atoms with Crippen molar-refractivity contribution in [1.82, 2.24) is 9.79 Å². The molecule has 6 heteroatoms. The van der Waals surface area contributed by atoms with E-state index in [1.165, 1.54) is 0 Å². The lowest BCUT2D eigenvalue weighted by Gasteiger charge is -2.32. The molecule has 1 heterocycles. The molecular formula is C18H19ClN2O2S. The van der Waals surface area contributed by atoms with E-state index in [1.54, 1.807) is 17.4 Å². The van der Waals surface area contributed by atoms with Gasteiger partial charge in [-0.1, -0.05) is 59.9 Å². The van der Waals surface area contributed by atoms with E-state index in [4.69, 9.17) is 16.8 Å². The fraction of sp³-hybridized carbons (Fsp3) is 0.278. The van der Waals surface area contributed by atoms with E-state index in [1.807, 2.05) is 28.6 Å². The van der Waals surface area contributed by atoms with E-state index in [-0.39, 0.29) is 11.9 Å². The van der Waals surface area contributed by atoms with Gasteiger partial charge in [0.15, 0.2) is 0 Å². The zero-order chi connectivity index (χ0) is 16.9. The molecule has 1 saturated heterocycles. The van der Waals surface area contributed by atoms with Gasteiger partial charge in [0.2, 0.25) is 0 Å². The van der Waals surface area contributed by atoms with Crippen molar-refractivity contribution in [2.24, 2.45) is 0 Å². The zero-order valence-electron chi connectivity index (χ0n) is 13.1. The van der Waals surface area contributed by atoms with Crippen LogP contribution in [-0.4, -0.2) is 27.2 Å². The summed E-state index contributed by atoms with van der Waals surface area (Å²) in [5.74, 6) is 0.665. The van der Waals surface area contributed by atoms with Crippen LogP contribution >= 0.6 is 23.5 Å². The molecule has 1 aliphatic heterocycles. The normalized spacial score (nSPS) is 18.3. The minimum atomic E-state index is -0.333. The van der Waals surface area contributed by atoms with Crippen molar-refractivity contribution in [2.75, 3.05) is 5.75 Å². The lowest BCUT2D eigenvalue weighted by Crippen LogP contribution is -2.44. The number of halogens is 1. The summed E-state index contributed by atoms with van der Waals surface area (Å²) in [6.45, 7) is 0.670. The lowest BCUT2D eigenvalue weighted by atomic mass is 10.0. The van der Waals surface area contributed by atoms with Gasteiger partial charge >= 0.3 is 0 Å². The van der Waals surface area contributed by atoms with Gasteiger partial charge in [-0.3, -0.25) is 10.0 Å². The number of hydroxylamine groups is 1. The Labute approximate surface area is 150 Å². The second kappa shape index (κ2) is 8.03. The summed E-state index contributed by atoms with van der Waals surface area (Å²) in [5, 5.41) is 9.64. The van der Waals surface area contributed by atoms with Crippen molar-refractivity contribution in [1.29, 1.82) is 0 Å². The van der Waals surface area contributed by atoms with E-state index in [9.17, 15) is 4.79 Å². The van der Waals surface area contributed by atoms with Crippen molar-refractivity contribution in [2.45, 2.75) is 25.4 Å². The molecule has 4 nitrogen and oxygen atoms in total. The molecule has 2 N–H and O–H groups in total. The molecular weight excluding hydrogens is 344 g/mol. The third kappa shape index (κ3) is 4.11. The number of rotatable bonds is 4. The van der Waals surface area contributed by atoms with Gasteiger partial charge in [0.1, 0.15) is 6.04 Å². The fourth-order valence-corrected chi connectivity index (χ4v) is 4.09. The predicted molar refractivity (Wildman–Crippen MR) is 97.8 cm³/mol. The molecule has 0 aromatic heterocycles. The highest BCUT2D eigenvalue weighted by atomic mass is 35.5. The molecule has 1 fully saturated rings. The van der Waals surface area contributed by atoms with Crippen LogP contribution in [0.3, 0.4) is 0 Å². The van der Waals surface area contributed by atoms with E-state index in [0.717, 1.165) is 40.3 Å². The minimum Gasteiger partial charge on any atom is -0.289 e. The van der Waals surface area contributed by atoms with E-state index in [0.29, 0.717) is 6.54 Å². The van der Waals surface area contributed by atoms with Gasteiger partial charge in [0, 0.05) is 17.3 Å². The van der Waals surface area contributed by atoms with Crippen molar-refractivity contribution < 1.29 is 10.0 Å². The molecule has 126 valence electrons. The van der Waals surface area contributed by atoms with Crippen molar-refractivity contribution in [3.8, 4) is 11.1 Å². The average molecular weight is 363 g/mol. The van der Waals surface area contributed by atoms with Crippen LogP contribution in [0.5, 0.6) is 0 Å². The summed E-state index contributed by atoms with van der Waals surface area (Å²) >= 11 is 7.58. The van der Waals surface area contributed by atoms with Crippen molar-refractivity contribution >= 4 is 29.5 Å². The number of nitrogens with one attached hydrogen (secondary N) is 1. The maximum atomic E-state index is 11.8. The average Bonchev–Trinajstić information content (AvgIpc) is 2.63. The SMILES string of the molecule is O=C(NO)[C@H]1CCCSN1Cc1ccc(-c2ccc(Cl)cc2)cc1. The molecule has 1 atom stereocenters. The van der Waals surface area contributed by atoms with Gasteiger partial charge in [-0.2, -0.15) is 0 Å². The van der Waals surface area contributed by atoms with Gasteiger partial charge in [-0.15, -0.1) is 0 Å². The standard InChI is InChI=1S/C18H19ClN2O2S/c19-16-9-7-15(8-10-16)14-5-3-13(4-6-14)12-21-17(18(22)20-23)2-1-11-24-21/h3-10,17,23H,1-2,11-12H2,(H,20,22)/t17-/m1/s1. The van der Waals surface area contributed by atoms with Crippen LogP contribution in [0.1, 0.15) is 18.4 Å². The van der Waals surface area contributed by atoms with Gasteiger partial charge in [-0.05, 0) is 41.7 Å². The van der Waals surface area contributed by atoms with E-state index < -0.39 is 0 Å². The number of hydrogen-bond acceptors (Lipinski definition) is 4. The van der Waals surface area contributed by atoms with Crippen LogP contribution in [0, 0.1) is 0 Å². The number of benzene rings is 2. The number of amides is 1. The molecule has 1 aliphatic rings. The summed E-state index contributed by atoms with van der Waals surface area (Å²) in [6.07, 6.45) is 1.75. The topological polar surface area (TPSA) is 52.6 Å². The number of hydrogen-bond donors (Lipinski definition) is 2. The molecule has 24 heavy (non-hydrogen) atoms. The Morgan fingerprint density at radius 3 is 2.42 bits per heavy atom. The summed E-state index contributed by atoms with van der Waals surface area (Å²) in [7, 11) is 0. The van der Waals surface area contributed by atoms with E-state index >= 15 is 0 Å². The Morgan fingerprint density at radius 2 is 1.79 bits per heavy atom. The second-order valence-electron chi connectivity index (χ2n) is 5.75. The molecule has 0 spiro atoms. The maximum absolute atomic E-state index is 11.8. The van der Waals surface area contributed by atoms with Crippen molar-refractivity contribution in [3.63, 3.8) is 0 Å². The number of carbonyl (C=O) groups excluding carboxylic acids is 1. The molecule has 0 bridgehead atoms. The van der Waals surface area contributed by atoms with Gasteiger partial charge in [-0.25, -0.2) is 9.79 Å². The predicted octanol–water partition coefficient (Wildman–Crippen LogP) is 4.13. The molecule has 3 rings (SSSR count). The largest absolute Gasteiger partial charge is 0.289 e. The molecule has 0 radical (unpaired) electrons. The highest BCUT2D eigenvalue weighted by molar-refractivity contribution is 7.97. The Balaban J connectivity index is 1.71. The first-order valence-corrected chi connectivity index (χ1v) is 9.18. The van der Waals surface area contributed by atoms with Crippen LogP contribution in [-0.2, 0) is 11.3 Å². The fourth-order valence-electron chi connectivity index (χ4n) is 2.81. The first-order valence-electron chi connectivity index (χ1n) is 7.86. The molecule has 1 amide bonds. The van der Waals surface area contributed by atoms with Gasteiger partial charge < -0.3 is 0 Å². The quantitative estimate of drug-likeness (QED) is 0.488. The molecule has 2 aromatic carbocycles. The molecule has 0 unspecified atom stereocenters. The lowest BCUT2D eigenvalue weighted by molar-refractivity contribution is -0.133. The molecule has 0 saturated carbocycles. The summed E-state index contributed by atoms with van der Waals surface area (Å²) in [4.78, 5) is 11.8. The van der Waals surface area contributed by atoms with Crippen LogP contribution in [0.15, 0.2) is 48.5 Å². The summed E-state index contributed by atoms with van der Waals surface area (Å²) in [6, 6.07) is 15.8. The summed E-state index contributed by atoms with van der Waals surface area (Å²) in [5.41, 5.74) is 5.17. The Hall–Kier alpha value is -1.53. The number of carbonyl (C=O) groups is 1. The van der Waals surface area contributed by atoms with Gasteiger partial charge in [0.25, 0.3) is 5.91 Å². The molecule has 0 aliphatic carbocycles. The zero-order valence-corrected chi connectivity index (χ0v) is 14.7. The van der Waals surface area contributed by atoms with E-state index in [2.05, 4.69) is 24.3 Å².